The third-order valence-corrected chi connectivity index (χ3v) is 3.34. The topological polar surface area (TPSA) is 0 Å². The predicted octanol–water partition coefficient (Wildman–Crippen LogP) is 4.44. The Balaban J connectivity index is 0. The Labute approximate surface area is 122 Å². The summed E-state index contributed by atoms with van der Waals surface area (Å²) < 4.78 is 1.12. The Bertz CT molecular complexity index is 409. The Morgan fingerprint density at radius 3 is 1.93 bits per heavy atom. The molecule has 0 nitrogen and oxygen atoms in total. The van der Waals surface area contributed by atoms with Gasteiger partial charge in [0.25, 0.3) is 0 Å². The first-order valence-corrected chi connectivity index (χ1v) is 5.94. The Kier molecular flexibility index (Phi) is 5.75. The summed E-state index contributed by atoms with van der Waals surface area (Å²) in [7, 11) is 0. The molecule has 0 saturated heterocycles. The maximum atomic E-state index is 3.42. The fraction of sp³-hybridized carbons (Fsp3) is 0. The zero-order valence-corrected chi connectivity index (χ0v) is 12.0. The molecule has 0 aliphatic rings. The van der Waals surface area contributed by atoms with Crippen molar-refractivity contribution < 1.29 is 2.85 Å². The number of rotatable bonds is 2. The van der Waals surface area contributed by atoms with E-state index in [1.807, 2.05) is 6.07 Å². The van der Waals surface area contributed by atoms with Crippen molar-refractivity contribution in [2.75, 3.05) is 0 Å². The third-order valence-electron chi connectivity index (χ3n) is 1.79. The van der Waals surface area contributed by atoms with Gasteiger partial charge in [-0.05, 0) is 36.4 Å². The average molecular weight is 291 g/mol. The molecular weight excluding hydrogens is 280 g/mol. The molecule has 0 heterocycles. The van der Waals surface area contributed by atoms with Crippen molar-refractivity contribution >= 4 is 50.7 Å². The van der Waals surface area contributed by atoms with Crippen LogP contribution in [0.25, 0.3) is 0 Å². The standard InChI is InChI=1S/C12H9BrS.Mg.2H/c13-10-6-8-12(9-7-10)14-11-4-2-1-3-5-11;;;/h1-9H;;;/q;+2;2*-1. The Morgan fingerprint density at radius 2 is 1.33 bits per heavy atom. The quantitative estimate of drug-likeness (QED) is 0.737. The maximum absolute atomic E-state index is 3.42. The molecule has 0 spiro atoms. The summed E-state index contributed by atoms with van der Waals surface area (Å²) in [4.78, 5) is 2.54. The first kappa shape index (κ1) is 13.1. The summed E-state index contributed by atoms with van der Waals surface area (Å²) >= 11 is 5.20. The summed E-state index contributed by atoms with van der Waals surface area (Å²) in [5.41, 5.74) is 0. The maximum Gasteiger partial charge on any atom is 2.00 e. The van der Waals surface area contributed by atoms with Crippen molar-refractivity contribution in [1.82, 2.24) is 0 Å². The molecule has 15 heavy (non-hydrogen) atoms. The van der Waals surface area contributed by atoms with E-state index < -0.39 is 0 Å². The molecule has 0 atom stereocenters. The SMILES string of the molecule is Brc1ccc(Sc2ccccc2)cc1.[H-].[H-].[Mg+2]. The normalized spacial score (nSPS) is 9.40. The van der Waals surface area contributed by atoms with Crippen LogP contribution in [0, 0.1) is 0 Å². The van der Waals surface area contributed by atoms with E-state index in [4.69, 9.17) is 0 Å². The second-order valence-corrected chi connectivity index (χ2v) is 4.93. The monoisotopic (exact) mass is 290 g/mol. The summed E-state index contributed by atoms with van der Waals surface area (Å²) in [6.07, 6.45) is 0. The molecule has 0 N–H and O–H groups in total. The van der Waals surface area contributed by atoms with E-state index in [9.17, 15) is 0 Å². The molecule has 0 unspecified atom stereocenters. The van der Waals surface area contributed by atoms with E-state index in [0.29, 0.717) is 0 Å². The van der Waals surface area contributed by atoms with Gasteiger partial charge in [0.1, 0.15) is 0 Å². The van der Waals surface area contributed by atoms with Crippen LogP contribution in [0.15, 0.2) is 68.9 Å². The molecular formula is C12H11BrMgS. The van der Waals surface area contributed by atoms with Gasteiger partial charge in [-0.25, -0.2) is 0 Å². The fourth-order valence-corrected chi connectivity index (χ4v) is 2.23. The minimum atomic E-state index is 0. The third kappa shape index (κ3) is 4.19. The van der Waals surface area contributed by atoms with E-state index in [1.165, 1.54) is 9.79 Å². The molecule has 2 aromatic rings. The molecule has 2 aromatic carbocycles. The van der Waals surface area contributed by atoms with Gasteiger partial charge in [0.15, 0.2) is 0 Å². The van der Waals surface area contributed by atoms with Crippen LogP contribution in [0.1, 0.15) is 2.85 Å². The number of benzene rings is 2. The van der Waals surface area contributed by atoms with Crippen LogP contribution in [-0.4, -0.2) is 23.1 Å². The second kappa shape index (κ2) is 6.58. The van der Waals surface area contributed by atoms with Crippen LogP contribution in [-0.2, 0) is 0 Å². The van der Waals surface area contributed by atoms with Gasteiger partial charge in [-0.1, -0.05) is 45.9 Å². The van der Waals surface area contributed by atoms with Crippen molar-refractivity contribution in [3.8, 4) is 0 Å². The molecule has 2 rings (SSSR count). The van der Waals surface area contributed by atoms with Gasteiger partial charge in [0, 0.05) is 14.3 Å². The van der Waals surface area contributed by atoms with Gasteiger partial charge in [-0.2, -0.15) is 0 Å². The van der Waals surface area contributed by atoms with Gasteiger partial charge in [-0.3, -0.25) is 0 Å². The van der Waals surface area contributed by atoms with Crippen molar-refractivity contribution in [2.24, 2.45) is 0 Å². The Hall–Kier alpha value is 0.0362. The van der Waals surface area contributed by atoms with E-state index in [-0.39, 0.29) is 25.9 Å². The van der Waals surface area contributed by atoms with Gasteiger partial charge < -0.3 is 2.85 Å². The molecule has 0 aromatic heterocycles. The molecule has 0 amide bonds. The first-order chi connectivity index (χ1) is 6.84. The van der Waals surface area contributed by atoms with E-state index in [2.05, 4.69) is 64.5 Å². The van der Waals surface area contributed by atoms with Crippen molar-refractivity contribution in [1.29, 1.82) is 0 Å². The minimum Gasteiger partial charge on any atom is -1.00 e. The van der Waals surface area contributed by atoms with E-state index >= 15 is 0 Å². The van der Waals surface area contributed by atoms with E-state index in [1.54, 1.807) is 11.8 Å². The van der Waals surface area contributed by atoms with Crippen LogP contribution < -0.4 is 0 Å². The largest absolute Gasteiger partial charge is 2.00 e. The Morgan fingerprint density at radius 1 is 0.800 bits per heavy atom. The molecule has 0 aliphatic heterocycles. The number of hydrogen-bond donors (Lipinski definition) is 0. The molecule has 3 heteroatoms. The first-order valence-electron chi connectivity index (χ1n) is 4.33. The van der Waals surface area contributed by atoms with Gasteiger partial charge in [-0.15, -0.1) is 0 Å². The molecule has 0 saturated carbocycles. The summed E-state index contributed by atoms with van der Waals surface area (Å²) in [6.45, 7) is 0. The van der Waals surface area contributed by atoms with Gasteiger partial charge in [0.05, 0.1) is 0 Å². The summed E-state index contributed by atoms with van der Waals surface area (Å²) in [5, 5.41) is 0. The summed E-state index contributed by atoms with van der Waals surface area (Å²) in [5.74, 6) is 0. The van der Waals surface area contributed by atoms with Crippen LogP contribution in [0.2, 0.25) is 0 Å². The van der Waals surface area contributed by atoms with Gasteiger partial charge in [0.2, 0.25) is 0 Å². The van der Waals surface area contributed by atoms with Gasteiger partial charge >= 0.3 is 23.1 Å². The van der Waals surface area contributed by atoms with Crippen LogP contribution in [0.3, 0.4) is 0 Å². The van der Waals surface area contributed by atoms with Crippen molar-refractivity contribution in [3.63, 3.8) is 0 Å². The zero-order chi connectivity index (χ0) is 9.80. The summed E-state index contributed by atoms with van der Waals surface area (Å²) in [6, 6.07) is 18.7. The van der Waals surface area contributed by atoms with Crippen LogP contribution >= 0.6 is 27.7 Å². The zero-order valence-electron chi connectivity index (χ0n) is 10.2. The van der Waals surface area contributed by atoms with Crippen molar-refractivity contribution in [3.05, 3.63) is 59.1 Å². The van der Waals surface area contributed by atoms with Crippen molar-refractivity contribution in [2.45, 2.75) is 9.79 Å². The smallest absolute Gasteiger partial charge is 1.00 e. The fourth-order valence-electron chi connectivity index (χ4n) is 1.13. The predicted molar refractivity (Wildman–Crippen MR) is 72.7 cm³/mol. The van der Waals surface area contributed by atoms with Crippen LogP contribution in [0.5, 0.6) is 0 Å². The molecule has 74 valence electrons. The molecule has 0 radical (unpaired) electrons. The van der Waals surface area contributed by atoms with E-state index in [0.717, 1.165) is 4.47 Å². The van der Waals surface area contributed by atoms with Crippen LogP contribution in [0.4, 0.5) is 0 Å². The molecule has 0 aliphatic carbocycles. The minimum absolute atomic E-state index is 0. The molecule has 0 fully saturated rings. The number of halogens is 1. The molecule has 0 bridgehead atoms. The number of hydrogen-bond acceptors (Lipinski definition) is 1. The second-order valence-electron chi connectivity index (χ2n) is 2.87. The average Bonchev–Trinajstić information content (AvgIpc) is 2.23.